The van der Waals surface area contributed by atoms with E-state index >= 15 is 0 Å². The van der Waals surface area contributed by atoms with Gasteiger partial charge in [0.1, 0.15) is 11.8 Å². The van der Waals surface area contributed by atoms with Gasteiger partial charge < -0.3 is 15.0 Å². The number of halogens is 1. The molecule has 0 heterocycles. The number of carbonyl (C=O) groups is 2. The van der Waals surface area contributed by atoms with Crippen molar-refractivity contribution < 1.29 is 14.3 Å². The Balaban J connectivity index is 2.22. The molecule has 2 rings (SSSR count). The average Bonchev–Trinajstić information content (AvgIpc) is 2.76. The van der Waals surface area contributed by atoms with Gasteiger partial charge in [0.25, 0.3) is 5.91 Å². The summed E-state index contributed by atoms with van der Waals surface area (Å²) < 4.78 is 5.85. The molecule has 2 aromatic carbocycles. The van der Waals surface area contributed by atoms with E-state index in [1.54, 1.807) is 11.0 Å². The predicted molar refractivity (Wildman–Crippen MR) is 125 cm³/mol. The summed E-state index contributed by atoms with van der Waals surface area (Å²) in [6.45, 7) is 8.64. The Kier molecular flexibility index (Phi) is 9.86. The van der Waals surface area contributed by atoms with Crippen molar-refractivity contribution in [1.82, 2.24) is 10.2 Å². The van der Waals surface area contributed by atoms with Crippen molar-refractivity contribution in [3.63, 3.8) is 0 Å². The highest BCUT2D eigenvalue weighted by atomic mass is 35.5. The van der Waals surface area contributed by atoms with Gasteiger partial charge in [-0.1, -0.05) is 62.2 Å². The molecule has 0 saturated heterocycles. The zero-order chi connectivity index (χ0) is 22.8. The molecule has 1 atom stereocenters. The number of hydrogen-bond donors (Lipinski definition) is 1. The first-order valence-corrected chi connectivity index (χ1v) is 11.3. The van der Waals surface area contributed by atoms with Crippen LogP contribution in [0.2, 0.25) is 5.02 Å². The molecule has 0 fully saturated rings. The van der Waals surface area contributed by atoms with Crippen LogP contribution in [0.25, 0.3) is 0 Å². The minimum atomic E-state index is -0.595. The fraction of sp³-hybridized carbons (Fsp3) is 0.440. The lowest BCUT2D eigenvalue weighted by atomic mass is 10.1. The molecule has 168 valence electrons. The second-order valence-electron chi connectivity index (χ2n) is 7.67. The van der Waals surface area contributed by atoms with Crippen molar-refractivity contribution in [2.24, 2.45) is 0 Å². The first-order valence-electron chi connectivity index (χ1n) is 10.9. The largest absolute Gasteiger partial charge is 0.483 e. The molecule has 0 aliphatic heterocycles. The summed E-state index contributed by atoms with van der Waals surface area (Å²) in [4.78, 5) is 27.7. The van der Waals surface area contributed by atoms with Crippen molar-refractivity contribution in [2.75, 3.05) is 13.2 Å². The molecule has 6 heteroatoms. The van der Waals surface area contributed by atoms with Crippen LogP contribution in [-0.4, -0.2) is 35.9 Å². The van der Waals surface area contributed by atoms with Crippen LogP contribution in [0.15, 0.2) is 42.5 Å². The first kappa shape index (κ1) is 24.7. The number of aryl methyl sites for hydroxylation is 1. The van der Waals surface area contributed by atoms with E-state index in [-0.39, 0.29) is 25.0 Å². The summed E-state index contributed by atoms with van der Waals surface area (Å²) in [5, 5.41) is 3.52. The zero-order valence-corrected chi connectivity index (χ0v) is 19.7. The fourth-order valence-electron chi connectivity index (χ4n) is 3.34. The van der Waals surface area contributed by atoms with E-state index in [0.29, 0.717) is 23.7 Å². The van der Waals surface area contributed by atoms with Gasteiger partial charge in [-0.15, -0.1) is 0 Å². The number of nitrogens with one attached hydrogen (secondary N) is 1. The van der Waals surface area contributed by atoms with Crippen LogP contribution in [-0.2, 0) is 16.1 Å². The van der Waals surface area contributed by atoms with Gasteiger partial charge in [0.2, 0.25) is 5.91 Å². The van der Waals surface area contributed by atoms with Crippen LogP contribution < -0.4 is 10.1 Å². The number of nitrogens with zero attached hydrogens (tertiary/aromatic N) is 1. The summed E-state index contributed by atoms with van der Waals surface area (Å²) in [5.41, 5.74) is 2.89. The molecule has 31 heavy (non-hydrogen) atoms. The quantitative estimate of drug-likeness (QED) is 0.493. The molecule has 0 spiro atoms. The van der Waals surface area contributed by atoms with E-state index < -0.39 is 6.04 Å². The van der Waals surface area contributed by atoms with Gasteiger partial charge in [0.05, 0.1) is 0 Å². The monoisotopic (exact) mass is 444 g/mol. The lowest BCUT2D eigenvalue weighted by Crippen LogP contribution is -2.50. The molecule has 0 bridgehead atoms. The maximum atomic E-state index is 13.2. The molecule has 0 aliphatic carbocycles. The van der Waals surface area contributed by atoms with E-state index in [1.807, 2.05) is 57.2 Å². The van der Waals surface area contributed by atoms with Crippen LogP contribution in [0.3, 0.4) is 0 Å². The van der Waals surface area contributed by atoms with Gasteiger partial charge >= 0.3 is 0 Å². The highest BCUT2D eigenvalue weighted by molar-refractivity contribution is 6.31. The van der Waals surface area contributed by atoms with E-state index in [2.05, 4.69) is 12.2 Å². The van der Waals surface area contributed by atoms with Gasteiger partial charge in [-0.3, -0.25) is 9.59 Å². The molecular formula is C25H33ClN2O3. The molecule has 2 aromatic rings. The Bertz CT molecular complexity index is 885. The number of amides is 2. The molecule has 5 nitrogen and oxygen atoms in total. The Hall–Kier alpha value is -2.53. The molecule has 0 unspecified atom stereocenters. The van der Waals surface area contributed by atoms with Crippen LogP contribution in [0.4, 0.5) is 0 Å². The summed E-state index contributed by atoms with van der Waals surface area (Å²) in [6, 6.07) is 12.5. The topological polar surface area (TPSA) is 58.6 Å². The SMILES string of the molecule is CCCCNC(=O)[C@H](CC)N(Cc1ccccc1Cl)C(=O)COc1cccc(C)c1C. The molecular weight excluding hydrogens is 412 g/mol. The zero-order valence-electron chi connectivity index (χ0n) is 18.9. The van der Waals surface area contributed by atoms with E-state index in [4.69, 9.17) is 16.3 Å². The normalized spacial score (nSPS) is 11.6. The predicted octanol–water partition coefficient (Wildman–Crippen LogP) is 5.06. The summed E-state index contributed by atoms with van der Waals surface area (Å²) in [5.74, 6) is 0.271. The van der Waals surface area contributed by atoms with E-state index in [0.717, 1.165) is 29.5 Å². The Labute approximate surface area is 190 Å². The number of rotatable bonds is 11. The molecule has 0 aromatic heterocycles. The summed E-state index contributed by atoms with van der Waals surface area (Å²) in [7, 11) is 0. The van der Waals surface area contributed by atoms with Crippen LogP contribution in [0.1, 0.15) is 49.8 Å². The molecule has 1 N–H and O–H groups in total. The maximum Gasteiger partial charge on any atom is 0.261 e. The van der Waals surface area contributed by atoms with Gasteiger partial charge in [0, 0.05) is 18.1 Å². The minimum absolute atomic E-state index is 0.145. The Morgan fingerprint density at radius 1 is 1.10 bits per heavy atom. The second kappa shape index (κ2) is 12.4. The molecule has 0 saturated carbocycles. The molecule has 0 radical (unpaired) electrons. The van der Waals surface area contributed by atoms with Gasteiger partial charge in [-0.05, 0) is 55.5 Å². The van der Waals surface area contributed by atoms with E-state index in [9.17, 15) is 9.59 Å². The van der Waals surface area contributed by atoms with Crippen molar-refractivity contribution >= 4 is 23.4 Å². The van der Waals surface area contributed by atoms with Crippen molar-refractivity contribution in [3.05, 3.63) is 64.2 Å². The maximum absolute atomic E-state index is 13.2. The van der Waals surface area contributed by atoms with Gasteiger partial charge in [0.15, 0.2) is 6.61 Å². The van der Waals surface area contributed by atoms with Crippen LogP contribution in [0, 0.1) is 13.8 Å². The summed E-state index contributed by atoms with van der Waals surface area (Å²) >= 11 is 6.34. The van der Waals surface area contributed by atoms with Crippen molar-refractivity contribution in [1.29, 1.82) is 0 Å². The molecule has 0 aliphatic rings. The average molecular weight is 445 g/mol. The highest BCUT2D eigenvalue weighted by Crippen LogP contribution is 2.22. The fourth-order valence-corrected chi connectivity index (χ4v) is 3.53. The van der Waals surface area contributed by atoms with Crippen molar-refractivity contribution in [2.45, 2.75) is 59.5 Å². The third kappa shape index (κ3) is 7.00. The van der Waals surface area contributed by atoms with Crippen molar-refractivity contribution in [3.8, 4) is 5.75 Å². The lowest BCUT2D eigenvalue weighted by molar-refractivity contribution is -0.143. The highest BCUT2D eigenvalue weighted by Gasteiger charge is 2.29. The first-order chi connectivity index (χ1) is 14.9. The minimum Gasteiger partial charge on any atom is -0.483 e. The third-order valence-corrected chi connectivity index (χ3v) is 5.79. The van der Waals surface area contributed by atoms with Gasteiger partial charge in [-0.2, -0.15) is 0 Å². The van der Waals surface area contributed by atoms with Gasteiger partial charge in [-0.25, -0.2) is 0 Å². The van der Waals surface area contributed by atoms with E-state index in [1.165, 1.54) is 0 Å². The summed E-state index contributed by atoms with van der Waals surface area (Å²) in [6.07, 6.45) is 2.39. The Morgan fingerprint density at radius 3 is 2.52 bits per heavy atom. The van der Waals surface area contributed by atoms with Crippen LogP contribution >= 0.6 is 11.6 Å². The number of ether oxygens (including phenoxy) is 1. The number of carbonyl (C=O) groups excluding carboxylic acids is 2. The standard InChI is InChI=1S/C25H33ClN2O3/c1-5-7-15-27-25(30)22(6-2)28(16-20-12-8-9-13-21(20)26)24(29)17-31-23-14-10-11-18(3)19(23)4/h8-14,22H,5-7,15-17H2,1-4H3,(H,27,30)/t22-/m0/s1. The lowest BCUT2D eigenvalue weighted by Gasteiger charge is -2.31. The number of benzene rings is 2. The smallest absolute Gasteiger partial charge is 0.261 e. The number of unbranched alkanes of at least 4 members (excludes halogenated alkanes) is 1. The van der Waals surface area contributed by atoms with Crippen LogP contribution in [0.5, 0.6) is 5.75 Å². The second-order valence-corrected chi connectivity index (χ2v) is 8.08. The molecule has 2 amide bonds. The number of hydrogen-bond acceptors (Lipinski definition) is 3. The Morgan fingerprint density at radius 2 is 1.84 bits per heavy atom. The third-order valence-electron chi connectivity index (χ3n) is 5.42.